The maximum Gasteiger partial charge on any atom is 0.321 e. The summed E-state index contributed by atoms with van der Waals surface area (Å²) in [6, 6.07) is 12.5. The van der Waals surface area contributed by atoms with Gasteiger partial charge in [0.2, 0.25) is 0 Å². The fraction of sp³-hybridized carbons (Fsp3) is 0.304. The summed E-state index contributed by atoms with van der Waals surface area (Å²) in [5.41, 5.74) is 1.99. The standard InChI is InChI=1S/C23H24N6O3/c1-3-32-21-12-18-19(13-20(21)31-2)25-15-26-22(18)28-8-10-29(11-9-28)23(30)27-17-6-4-16(14-24)5-7-17/h4-7,12-13,15H,3,8-11H2,1-2H3,(H,27,30). The van der Waals surface area contributed by atoms with Gasteiger partial charge < -0.3 is 24.6 Å². The van der Waals surface area contributed by atoms with Crippen LogP contribution in [0.2, 0.25) is 0 Å². The number of carbonyl (C=O) groups excluding carboxylic acids is 1. The number of hydrogen-bond acceptors (Lipinski definition) is 7. The second kappa shape index (κ2) is 9.39. The lowest BCUT2D eigenvalue weighted by molar-refractivity contribution is 0.208. The lowest BCUT2D eigenvalue weighted by atomic mass is 10.2. The van der Waals surface area contributed by atoms with Crippen molar-refractivity contribution in [2.24, 2.45) is 0 Å². The van der Waals surface area contributed by atoms with Crippen molar-refractivity contribution in [1.29, 1.82) is 5.26 Å². The molecule has 32 heavy (non-hydrogen) atoms. The maximum atomic E-state index is 12.6. The normalized spacial score (nSPS) is 13.5. The number of hydrogen-bond donors (Lipinski definition) is 1. The Labute approximate surface area is 186 Å². The molecule has 0 saturated carbocycles. The number of urea groups is 1. The van der Waals surface area contributed by atoms with Gasteiger partial charge in [-0.2, -0.15) is 5.26 Å². The zero-order valence-electron chi connectivity index (χ0n) is 18.0. The summed E-state index contributed by atoms with van der Waals surface area (Å²) < 4.78 is 11.1. The van der Waals surface area contributed by atoms with Crippen molar-refractivity contribution >= 4 is 28.4 Å². The number of benzene rings is 2. The Morgan fingerprint density at radius 1 is 1.12 bits per heavy atom. The van der Waals surface area contributed by atoms with Gasteiger partial charge >= 0.3 is 6.03 Å². The molecule has 1 aliphatic heterocycles. The number of nitrogens with one attached hydrogen (secondary N) is 1. The summed E-state index contributed by atoms with van der Waals surface area (Å²) in [6.45, 7) is 4.85. The van der Waals surface area contributed by atoms with Crippen LogP contribution in [-0.4, -0.2) is 60.8 Å². The second-order valence-electron chi connectivity index (χ2n) is 7.24. The van der Waals surface area contributed by atoms with Gasteiger partial charge in [0.25, 0.3) is 0 Å². The molecule has 3 aromatic rings. The molecule has 4 rings (SSSR count). The number of rotatable bonds is 5. The first kappa shape index (κ1) is 21.2. The van der Waals surface area contributed by atoms with Crippen molar-refractivity contribution in [3.63, 3.8) is 0 Å². The summed E-state index contributed by atoms with van der Waals surface area (Å²) >= 11 is 0. The first-order valence-corrected chi connectivity index (χ1v) is 10.4. The molecule has 2 aromatic carbocycles. The van der Waals surface area contributed by atoms with Crippen LogP contribution in [0.3, 0.4) is 0 Å². The van der Waals surface area contributed by atoms with Crippen LogP contribution >= 0.6 is 0 Å². The molecule has 0 atom stereocenters. The highest BCUT2D eigenvalue weighted by Gasteiger charge is 2.24. The minimum atomic E-state index is -0.162. The second-order valence-corrected chi connectivity index (χ2v) is 7.24. The van der Waals surface area contributed by atoms with E-state index in [0.717, 1.165) is 16.7 Å². The number of fused-ring (bicyclic) bond motifs is 1. The fourth-order valence-corrected chi connectivity index (χ4v) is 3.68. The quantitative estimate of drug-likeness (QED) is 0.660. The lowest BCUT2D eigenvalue weighted by Crippen LogP contribution is -2.50. The number of amides is 2. The van der Waals surface area contributed by atoms with Gasteiger partial charge in [-0.15, -0.1) is 0 Å². The molecule has 9 heteroatoms. The molecule has 0 radical (unpaired) electrons. The Balaban J connectivity index is 1.47. The van der Waals surface area contributed by atoms with E-state index in [2.05, 4.69) is 26.3 Å². The number of carbonyl (C=O) groups is 1. The van der Waals surface area contributed by atoms with Crippen LogP contribution < -0.4 is 19.7 Å². The highest BCUT2D eigenvalue weighted by Crippen LogP contribution is 2.35. The number of aromatic nitrogens is 2. The lowest BCUT2D eigenvalue weighted by Gasteiger charge is -2.35. The van der Waals surface area contributed by atoms with E-state index in [1.165, 1.54) is 0 Å². The van der Waals surface area contributed by atoms with E-state index in [9.17, 15) is 4.79 Å². The molecule has 164 valence electrons. The molecule has 0 bridgehead atoms. The van der Waals surface area contributed by atoms with Gasteiger partial charge in [0.1, 0.15) is 12.1 Å². The number of ether oxygens (including phenoxy) is 2. The van der Waals surface area contributed by atoms with E-state index >= 15 is 0 Å². The Bertz CT molecular complexity index is 1150. The molecule has 2 amide bonds. The van der Waals surface area contributed by atoms with Crippen LogP contribution in [0.1, 0.15) is 12.5 Å². The topological polar surface area (TPSA) is 104 Å². The van der Waals surface area contributed by atoms with Gasteiger partial charge in [0.05, 0.1) is 30.9 Å². The van der Waals surface area contributed by atoms with E-state index in [1.54, 1.807) is 42.6 Å². The molecule has 0 unspecified atom stereocenters. The molecule has 1 saturated heterocycles. The van der Waals surface area contributed by atoms with E-state index < -0.39 is 0 Å². The van der Waals surface area contributed by atoms with Crippen molar-refractivity contribution in [3.8, 4) is 17.6 Å². The van der Waals surface area contributed by atoms with Crippen LogP contribution in [0, 0.1) is 11.3 Å². The number of anilines is 2. The van der Waals surface area contributed by atoms with E-state index in [1.807, 2.05) is 19.1 Å². The smallest absolute Gasteiger partial charge is 0.321 e. The fourth-order valence-electron chi connectivity index (χ4n) is 3.68. The summed E-state index contributed by atoms with van der Waals surface area (Å²) in [4.78, 5) is 25.5. The Morgan fingerprint density at radius 2 is 1.88 bits per heavy atom. The Kier molecular flexibility index (Phi) is 6.22. The molecular formula is C23H24N6O3. The Morgan fingerprint density at radius 3 is 2.53 bits per heavy atom. The Hall–Kier alpha value is -4.06. The number of piperazine rings is 1. The third-order valence-corrected chi connectivity index (χ3v) is 5.33. The minimum Gasteiger partial charge on any atom is -0.493 e. The third kappa shape index (κ3) is 4.34. The highest BCUT2D eigenvalue weighted by atomic mass is 16.5. The molecule has 2 heterocycles. The molecule has 1 aromatic heterocycles. The van der Waals surface area contributed by atoms with Crippen LogP contribution in [0.25, 0.3) is 10.9 Å². The summed E-state index contributed by atoms with van der Waals surface area (Å²) in [5, 5.41) is 12.7. The zero-order valence-corrected chi connectivity index (χ0v) is 18.0. The first-order valence-electron chi connectivity index (χ1n) is 10.4. The van der Waals surface area contributed by atoms with E-state index in [-0.39, 0.29) is 6.03 Å². The molecule has 1 N–H and O–H groups in total. The highest BCUT2D eigenvalue weighted by molar-refractivity contribution is 5.92. The minimum absolute atomic E-state index is 0.162. The molecule has 9 nitrogen and oxygen atoms in total. The third-order valence-electron chi connectivity index (χ3n) is 5.33. The predicted octanol–water partition coefficient (Wildman–Crippen LogP) is 3.26. The molecule has 1 aliphatic rings. The van der Waals surface area contributed by atoms with Crippen molar-refractivity contribution in [2.75, 3.05) is 50.1 Å². The zero-order chi connectivity index (χ0) is 22.5. The summed E-state index contributed by atoms with van der Waals surface area (Å²) in [7, 11) is 1.61. The van der Waals surface area contributed by atoms with Crippen LogP contribution in [0.5, 0.6) is 11.5 Å². The SMILES string of the molecule is CCOc1cc2c(N3CCN(C(=O)Nc4ccc(C#N)cc4)CC3)ncnc2cc1OC. The monoisotopic (exact) mass is 432 g/mol. The van der Waals surface area contributed by atoms with E-state index in [0.29, 0.717) is 55.5 Å². The van der Waals surface area contributed by atoms with Gasteiger partial charge in [-0.25, -0.2) is 14.8 Å². The average Bonchev–Trinajstić information content (AvgIpc) is 2.84. The largest absolute Gasteiger partial charge is 0.493 e. The van der Waals surface area contributed by atoms with Gasteiger partial charge in [-0.1, -0.05) is 0 Å². The molecule has 1 fully saturated rings. The molecule has 0 aliphatic carbocycles. The number of nitrogens with zero attached hydrogens (tertiary/aromatic N) is 5. The van der Waals surface area contributed by atoms with Crippen LogP contribution in [0.4, 0.5) is 16.3 Å². The maximum absolute atomic E-state index is 12.6. The molecular weight excluding hydrogens is 408 g/mol. The number of methoxy groups -OCH3 is 1. The van der Waals surface area contributed by atoms with Gasteiger partial charge in [0.15, 0.2) is 11.5 Å². The summed E-state index contributed by atoms with van der Waals surface area (Å²) in [6.07, 6.45) is 1.54. The predicted molar refractivity (Wildman–Crippen MR) is 121 cm³/mol. The number of nitriles is 1. The average molecular weight is 432 g/mol. The summed E-state index contributed by atoms with van der Waals surface area (Å²) in [5.74, 6) is 2.10. The van der Waals surface area contributed by atoms with Gasteiger partial charge in [0, 0.05) is 43.3 Å². The van der Waals surface area contributed by atoms with Crippen molar-refractivity contribution in [3.05, 3.63) is 48.3 Å². The molecule has 0 spiro atoms. The van der Waals surface area contributed by atoms with Crippen LogP contribution in [-0.2, 0) is 0 Å². The van der Waals surface area contributed by atoms with E-state index in [4.69, 9.17) is 14.7 Å². The van der Waals surface area contributed by atoms with Crippen LogP contribution in [0.15, 0.2) is 42.7 Å². The van der Waals surface area contributed by atoms with Crippen molar-refractivity contribution in [1.82, 2.24) is 14.9 Å². The first-order chi connectivity index (χ1) is 15.6. The van der Waals surface area contributed by atoms with Gasteiger partial charge in [-0.3, -0.25) is 0 Å². The van der Waals surface area contributed by atoms with Crippen molar-refractivity contribution in [2.45, 2.75) is 6.92 Å². The van der Waals surface area contributed by atoms with Gasteiger partial charge in [-0.05, 0) is 37.3 Å². The van der Waals surface area contributed by atoms with Crippen molar-refractivity contribution < 1.29 is 14.3 Å².